The minimum atomic E-state index is -3.56. The number of nitrogens with two attached hydrogens (primary N) is 1. The third kappa shape index (κ3) is 2.24. The highest BCUT2D eigenvalue weighted by atomic mass is 32.2. The van der Waals surface area contributed by atoms with E-state index in [0.717, 1.165) is 19.3 Å². The Balaban J connectivity index is 1.96. The second-order valence-corrected chi connectivity index (χ2v) is 6.56. The van der Waals surface area contributed by atoms with Gasteiger partial charge < -0.3 is 10.7 Å². The number of H-pyrrole nitrogens is 1. The summed E-state index contributed by atoms with van der Waals surface area (Å²) in [7, 11) is -3.56. The quantitative estimate of drug-likeness (QED) is 0.771. The van der Waals surface area contributed by atoms with E-state index >= 15 is 0 Å². The number of rotatable bonds is 3. The molecule has 2 unspecified atom stereocenters. The molecule has 102 valence electrons. The molecular formula is C12H16N4O2S. The number of hydrogen-bond donors (Lipinski definition) is 3. The Labute approximate surface area is 111 Å². The molecule has 6 nitrogen and oxygen atoms in total. The van der Waals surface area contributed by atoms with Gasteiger partial charge >= 0.3 is 0 Å². The van der Waals surface area contributed by atoms with Crippen LogP contribution in [0.2, 0.25) is 0 Å². The first kappa shape index (κ1) is 12.6. The maximum absolute atomic E-state index is 12.4. The normalized spacial score (nSPS) is 24.1. The van der Waals surface area contributed by atoms with Gasteiger partial charge in [-0.15, -0.1) is 0 Å². The Kier molecular flexibility index (Phi) is 3.04. The zero-order chi connectivity index (χ0) is 13.5. The van der Waals surface area contributed by atoms with Gasteiger partial charge in [-0.3, -0.25) is 0 Å². The van der Waals surface area contributed by atoms with Crippen LogP contribution in [0.4, 0.5) is 0 Å². The van der Waals surface area contributed by atoms with E-state index in [1.165, 1.54) is 6.20 Å². The smallest absolute Gasteiger partial charge is 0.243 e. The van der Waals surface area contributed by atoms with Crippen LogP contribution in [-0.4, -0.2) is 30.5 Å². The molecule has 2 aromatic heterocycles. The lowest BCUT2D eigenvalue weighted by Crippen LogP contribution is -2.43. The van der Waals surface area contributed by atoms with Gasteiger partial charge in [-0.1, -0.05) is 6.42 Å². The summed E-state index contributed by atoms with van der Waals surface area (Å²) in [5, 5.41) is 0.599. The molecule has 0 radical (unpaired) electrons. The topological polar surface area (TPSA) is 101 Å². The van der Waals surface area contributed by atoms with E-state index in [2.05, 4.69) is 14.7 Å². The number of pyridine rings is 1. The van der Waals surface area contributed by atoms with Gasteiger partial charge in [0.15, 0.2) is 0 Å². The first-order valence-corrected chi connectivity index (χ1v) is 7.76. The van der Waals surface area contributed by atoms with Gasteiger partial charge in [-0.05, 0) is 25.0 Å². The van der Waals surface area contributed by atoms with E-state index < -0.39 is 10.0 Å². The Hall–Kier alpha value is -1.44. The van der Waals surface area contributed by atoms with Crippen LogP contribution in [0.3, 0.4) is 0 Å². The van der Waals surface area contributed by atoms with E-state index in [1.54, 1.807) is 18.3 Å². The van der Waals surface area contributed by atoms with Crippen LogP contribution >= 0.6 is 0 Å². The van der Waals surface area contributed by atoms with Crippen molar-refractivity contribution in [2.75, 3.05) is 0 Å². The van der Waals surface area contributed by atoms with Crippen molar-refractivity contribution in [2.45, 2.75) is 36.2 Å². The molecule has 2 aromatic rings. The summed E-state index contributed by atoms with van der Waals surface area (Å²) in [5.41, 5.74) is 6.47. The van der Waals surface area contributed by atoms with Crippen LogP contribution in [0, 0.1) is 0 Å². The van der Waals surface area contributed by atoms with Crippen molar-refractivity contribution >= 4 is 21.1 Å². The van der Waals surface area contributed by atoms with E-state index in [9.17, 15) is 8.42 Å². The average Bonchev–Trinajstić information content (AvgIpc) is 2.96. The number of sulfonamides is 1. The summed E-state index contributed by atoms with van der Waals surface area (Å²) < 4.78 is 27.5. The zero-order valence-electron chi connectivity index (χ0n) is 10.3. The predicted molar refractivity (Wildman–Crippen MR) is 72.0 cm³/mol. The Morgan fingerprint density at radius 3 is 3.00 bits per heavy atom. The summed E-state index contributed by atoms with van der Waals surface area (Å²) in [6.07, 6.45) is 5.71. The zero-order valence-corrected chi connectivity index (χ0v) is 11.2. The molecule has 0 aromatic carbocycles. The minimum Gasteiger partial charge on any atom is -0.345 e. The SMILES string of the molecule is NC1CCCC1NS(=O)(=O)c1c[nH]c2ncccc12. The van der Waals surface area contributed by atoms with Crippen LogP contribution in [0.5, 0.6) is 0 Å². The Bertz CT molecular complexity index is 695. The first-order chi connectivity index (χ1) is 9.08. The lowest BCUT2D eigenvalue weighted by molar-refractivity contribution is 0.523. The van der Waals surface area contributed by atoms with Gasteiger partial charge in [0.2, 0.25) is 10.0 Å². The van der Waals surface area contributed by atoms with Gasteiger partial charge in [0.05, 0.1) is 0 Å². The second kappa shape index (κ2) is 4.59. The Morgan fingerprint density at radius 2 is 2.26 bits per heavy atom. The number of fused-ring (bicyclic) bond motifs is 1. The van der Waals surface area contributed by atoms with Gasteiger partial charge in [0, 0.05) is 29.9 Å². The number of aromatic amines is 1. The van der Waals surface area contributed by atoms with Crippen molar-refractivity contribution < 1.29 is 8.42 Å². The van der Waals surface area contributed by atoms with Crippen LogP contribution in [0.15, 0.2) is 29.4 Å². The number of nitrogens with one attached hydrogen (secondary N) is 2. The minimum absolute atomic E-state index is 0.0990. The maximum atomic E-state index is 12.4. The molecule has 2 atom stereocenters. The highest BCUT2D eigenvalue weighted by Gasteiger charge is 2.30. The van der Waals surface area contributed by atoms with Crippen molar-refractivity contribution in [3.63, 3.8) is 0 Å². The van der Waals surface area contributed by atoms with E-state index in [0.29, 0.717) is 11.0 Å². The molecule has 3 rings (SSSR count). The summed E-state index contributed by atoms with van der Waals surface area (Å²) in [6.45, 7) is 0. The molecule has 0 spiro atoms. The molecule has 7 heteroatoms. The summed E-state index contributed by atoms with van der Waals surface area (Å²) in [4.78, 5) is 7.19. The van der Waals surface area contributed by atoms with Gasteiger partial charge in [0.1, 0.15) is 10.5 Å². The van der Waals surface area contributed by atoms with Crippen LogP contribution in [0.25, 0.3) is 11.0 Å². The molecule has 0 bridgehead atoms. The van der Waals surface area contributed by atoms with Crippen molar-refractivity contribution in [1.82, 2.24) is 14.7 Å². The summed E-state index contributed by atoms with van der Waals surface area (Å²) in [6, 6.07) is 3.18. The van der Waals surface area contributed by atoms with E-state index in [-0.39, 0.29) is 17.0 Å². The molecule has 0 saturated heterocycles. The fourth-order valence-electron chi connectivity index (χ4n) is 2.55. The maximum Gasteiger partial charge on any atom is 0.243 e. The third-order valence-electron chi connectivity index (χ3n) is 3.58. The molecular weight excluding hydrogens is 264 g/mol. The van der Waals surface area contributed by atoms with E-state index in [4.69, 9.17) is 5.73 Å². The van der Waals surface area contributed by atoms with Crippen molar-refractivity contribution in [3.05, 3.63) is 24.5 Å². The van der Waals surface area contributed by atoms with Gasteiger partial charge in [-0.25, -0.2) is 18.1 Å². The molecule has 19 heavy (non-hydrogen) atoms. The molecule has 4 N–H and O–H groups in total. The second-order valence-electron chi connectivity index (χ2n) is 4.88. The van der Waals surface area contributed by atoms with Crippen molar-refractivity contribution in [3.8, 4) is 0 Å². The largest absolute Gasteiger partial charge is 0.345 e. The first-order valence-electron chi connectivity index (χ1n) is 6.28. The number of aromatic nitrogens is 2. The highest BCUT2D eigenvalue weighted by Crippen LogP contribution is 2.23. The van der Waals surface area contributed by atoms with Crippen LogP contribution in [-0.2, 0) is 10.0 Å². The van der Waals surface area contributed by atoms with Crippen LogP contribution < -0.4 is 10.5 Å². The standard InChI is InChI=1S/C12H16N4O2S/c13-9-4-1-5-10(9)16-19(17,18)11-7-15-12-8(11)3-2-6-14-12/h2-3,6-7,9-10,16H,1,4-5,13H2,(H,14,15). The predicted octanol–water partition coefficient (Wildman–Crippen LogP) is 0.721. The number of hydrogen-bond acceptors (Lipinski definition) is 4. The third-order valence-corrected chi connectivity index (χ3v) is 5.11. The highest BCUT2D eigenvalue weighted by molar-refractivity contribution is 7.89. The van der Waals surface area contributed by atoms with Gasteiger partial charge in [0.25, 0.3) is 0 Å². The fraction of sp³-hybridized carbons (Fsp3) is 0.417. The van der Waals surface area contributed by atoms with E-state index in [1.807, 2.05) is 0 Å². The lowest BCUT2D eigenvalue weighted by Gasteiger charge is -2.16. The molecule has 1 aliphatic rings. The fourth-order valence-corrected chi connectivity index (χ4v) is 4.04. The average molecular weight is 280 g/mol. The van der Waals surface area contributed by atoms with Crippen molar-refractivity contribution in [1.29, 1.82) is 0 Å². The molecule has 1 saturated carbocycles. The van der Waals surface area contributed by atoms with Crippen LogP contribution in [0.1, 0.15) is 19.3 Å². The molecule has 1 fully saturated rings. The molecule has 1 aliphatic carbocycles. The Morgan fingerprint density at radius 1 is 1.42 bits per heavy atom. The van der Waals surface area contributed by atoms with Crippen molar-refractivity contribution in [2.24, 2.45) is 5.73 Å². The molecule has 0 amide bonds. The lowest BCUT2D eigenvalue weighted by atomic mass is 10.2. The monoisotopic (exact) mass is 280 g/mol. The molecule has 0 aliphatic heterocycles. The number of nitrogens with zero attached hydrogens (tertiary/aromatic N) is 1. The summed E-state index contributed by atoms with van der Waals surface area (Å²) in [5.74, 6) is 0. The van der Waals surface area contributed by atoms with Gasteiger partial charge in [-0.2, -0.15) is 0 Å². The molecule has 2 heterocycles. The summed E-state index contributed by atoms with van der Waals surface area (Å²) >= 11 is 0.